The molecule has 0 saturated heterocycles. The number of hydrogen-bond donors (Lipinski definition) is 2. The fourth-order valence-electron chi connectivity index (χ4n) is 1.49. The SMILES string of the molecule is CC(Nc1cccc(C(=O)O)n1)c1ccc(Cl)s1. The first-order valence-electron chi connectivity index (χ1n) is 5.28. The molecule has 0 fully saturated rings. The third kappa shape index (κ3) is 3.00. The van der Waals surface area contributed by atoms with Crippen molar-refractivity contribution in [3.63, 3.8) is 0 Å². The Labute approximate surface area is 113 Å². The lowest BCUT2D eigenvalue weighted by atomic mass is 10.2. The van der Waals surface area contributed by atoms with Crippen molar-refractivity contribution >= 4 is 34.7 Å². The summed E-state index contributed by atoms with van der Waals surface area (Å²) >= 11 is 7.36. The smallest absolute Gasteiger partial charge is 0.354 e. The molecule has 2 rings (SSSR count). The lowest BCUT2D eigenvalue weighted by Gasteiger charge is -2.12. The highest BCUT2D eigenvalue weighted by Crippen LogP contribution is 2.28. The van der Waals surface area contributed by atoms with Crippen molar-refractivity contribution in [3.05, 3.63) is 45.2 Å². The second kappa shape index (κ2) is 5.37. The molecule has 94 valence electrons. The van der Waals surface area contributed by atoms with Gasteiger partial charge in [0.1, 0.15) is 5.82 Å². The standard InChI is InChI=1S/C12H11ClN2O2S/c1-7(9-5-6-10(13)18-9)14-11-4-2-3-8(15-11)12(16)17/h2-7H,1H3,(H,14,15)(H,16,17). The summed E-state index contributed by atoms with van der Waals surface area (Å²) in [5.74, 6) is -0.502. The molecule has 2 aromatic rings. The van der Waals surface area contributed by atoms with Crippen LogP contribution in [0, 0.1) is 0 Å². The Bertz CT molecular complexity index is 571. The van der Waals surface area contributed by atoms with Crippen molar-refractivity contribution in [2.24, 2.45) is 0 Å². The maximum atomic E-state index is 10.8. The first kappa shape index (κ1) is 12.9. The van der Waals surface area contributed by atoms with E-state index in [1.807, 2.05) is 19.1 Å². The van der Waals surface area contributed by atoms with E-state index in [9.17, 15) is 4.79 Å². The van der Waals surface area contributed by atoms with Gasteiger partial charge < -0.3 is 10.4 Å². The molecule has 2 N–H and O–H groups in total. The minimum Gasteiger partial charge on any atom is -0.477 e. The molecule has 0 bridgehead atoms. The fourth-order valence-corrected chi connectivity index (χ4v) is 2.55. The first-order chi connectivity index (χ1) is 8.56. The second-order valence-corrected chi connectivity index (χ2v) is 5.47. The van der Waals surface area contributed by atoms with E-state index in [0.29, 0.717) is 5.82 Å². The Balaban J connectivity index is 2.14. The van der Waals surface area contributed by atoms with Crippen LogP contribution >= 0.6 is 22.9 Å². The molecule has 0 aliphatic rings. The van der Waals surface area contributed by atoms with Crippen LogP contribution in [0.15, 0.2) is 30.3 Å². The maximum Gasteiger partial charge on any atom is 0.354 e. The van der Waals surface area contributed by atoms with Crippen LogP contribution in [-0.4, -0.2) is 16.1 Å². The topological polar surface area (TPSA) is 62.2 Å². The van der Waals surface area contributed by atoms with Crippen LogP contribution in [0.25, 0.3) is 0 Å². The van der Waals surface area contributed by atoms with Gasteiger partial charge in [0.25, 0.3) is 0 Å². The van der Waals surface area contributed by atoms with E-state index in [-0.39, 0.29) is 11.7 Å². The van der Waals surface area contributed by atoms with E-state index in [1.165, 1.54) is 17.4 Å². The minimum absolute atomic E-state index is 0.0245. The monoisotopic (exact) mass is 282 g/mol. The van der Waals surface area contributed by atoms with Gasteiger partial charge >= 0.3 is 5.97 Å². The highest BCUT2D eigenvalue weighted by molar-refractivity contribution is 7.16. The molecule has 0 spiro atoms. The van der Waals surface area contributed by atoms with Gasteiger partial charge in [-0.15, -0.1) is 11.3 Å². The van der Waals surface area contributed by atoms with Gasteiger partial charge in [0.2, 0.25) is 0 Å². The number of carboxylic acids is 1. The van der Waals surface area contributed by atoms with E-state index in [1.54, 1.807) is 12.1 Å². The summed E-state index contributed by atoms with van der Waals surface area (Å²) in [6, 6.07) is 8.65. The van der Waals surface area contributed by atoms with Gasteiger partial charge in [-0.3, -0.25) is 0 Å². The Hall–Kier alpha value is -1.59. The first-order valence-corrected chi connectivity index (χ1v) is 6.48. The second-order valence-electron chi connectivity index (χ2n) is 3.72. The third-order valence-electron chi connectivity index (χ3n) is 2.35. The number of carboxylic acid groups (broad SMARTS) is 1. The van der Waals surface area contributed by atoms with Crippen molar-refractivity contribution < 1.29 is 9.90 Å². The van der Waals surface area contributed by atoms with E-state index in [2.05, 4.69) is 10.3 Å². The zero-order valence-corrected chi connectivity index (χ0v) is 11.1. The highest BCUT2D eigenvalue weighted by atomic mass is 35.5. The van der Waals surface area contributed by atoms with Gasteiger partial charge in [0.05, 0.1) is 10.4 Å². The van der Waals surface area contributed by atoms with Crippen LogP contribution in [0.3, 0.4) is 0 Å². The van der Waals surface area contributed by atoms with Crippen LogP contribution in [0.4, 0.5) is 5.82 Å². The molecule has 2 heterocycles. The predicted octanol–water partition coefficient (Wildman–Crippen LogP) is 3.67. The summed E-state index contributed by atoms with van der Waals surface area (Å²) in [5, 5.41) is 12.0. The van der Waals surface area contributed by atoms with Crippen LogP contribution in [-0.2, 0) is 0 Å². The molecule has 4 nitrogen and oxygen atoms in total. The fraction of sp³-hybridized carbons (Fsp3) is 0.167. The van der Waals surface area contributed by atoms with E-state index in [4.69, 9.17) is 16.7 Å². The van der Waals surface area contributed by atoms with Gasteiger partial charge in [0, 0.05) is 4.88 Å². The number of rotatable bonds is 4. The van der Waals surface area contributed by atoms with Crippen molar-refractivity contribution in [3.8, 4) is 0 Å². The summed E-state index contributed by atoms with van der Waals surface area (Å²) in [6.07, 6.45) is 0. The quantitative estimate of drug-likeness (QED) is 0.898. The number of aromatic carboxylic acids is 1. The maximum absolute atomic E-state index is 10.8. The van der Waals surface area contributed by atoms with Gasteiger partial charge in [0.15, 0.2) is 5.69 Å². The number of anilines is 1. The molecular weight excluding hydrogens is 272 g/mol. The molecule has 0 saturated carbocycles. The molecule has 6 heteroatoms. The Morgan fingerprint density at radius 3 is 2.83 bits per heavy atom. The van der Waals surface area contributed by atoms with E-state index in [0.717, 1.165) is 9.21 Å². The van der Waals surface area contributed by atoms with Crippen molar-refractivity contribution in [1.82, 2.24) is 4.98 Å². The minimum atomic E-state index is -1.04. The van der Waals surface area contributed by atoms with E-state index < -0.39 is 5.97 Å². The third-order valence-corrected chi connectivity index (χ3v) is 3.77. The normalized spacial score (nSPS) is 12.1. The Morgan fingerprint density at radius 2 is 2.22 bits per heavy atom. The largest absolute Gasteiger partial charge is 0.477 e. The van der Waals surface area contributed by atoms with Crippen molar-refractivity contribution in [2.75, 3.05) is 5.32 Å². The van der Waals surface area contributed by atoms with Crippen molar-refractivity contribution in [2.45, 2.75) is 13.0 Å². The molecule has 18 heavy (non-hydrogen) atoms. The molecule has 0 aromatic carbocycles. The van der Waals surface area contributed by atoms with Gasteiger partial charge in [-0.25, -0.2) is 9.78 Å². The average molecular weight is 283 g/mol. The zero-order chi connectivity index (χ0) is 13.1. The lowest BCUT2D eigenvalue weighted by Crippen LogP contribution is -2.08. The number of nitrogens with zero attached hydrogens (tertiary/aromatic N) is 1. The van der Waals surface area contributed by atoms with Crippen LogP contribution in [0.1, 0.15) is 28.3 Å². The predicted molar refractivity (Wildman–Crippen MR) is 72.6 cm³/mol. The molecule has 1 unspecified atom stereocenters. The van der Waals surface area contributed by atoms with Gasteiger partial charge in [-0.2, -0.15) is 0 Å². The summed E-state index contributed by atoms with van der Waals surface area (Å²) in [4.78, 5) is 15.9. The average Bonchev–Trinajstić information content (AvgIpc) is 2.76. The zero-order valence-electron chi connectivity index (χ0n) is 9.55. The molecule has 1 atom stereocenters. The summed E-state index contributed by atoms with van der Waals surface area (Å²) < 4.78 is 0.728. The van der Waals surface area contributed by atoms with Gasteiger partial charge in [-0.1, -0.05) is 17.7 Å². The molecular formula is C12H11ClN2O2S. The Morgan fingerprint density at radius 1 is 1.44 bits per heavy atom. The van der Waals surface area contributed by atoms with Gasteiger partial charge in [-0.05, 0) is 31.2 Å². The molecule has 2 aromatic heterocycles. The highest BCUT2D eigenvalue weighted by Gasteiger charge is 2.10. The number of aromatic nitrogens is 1. The van der Waals surface area contributed by atoms with E-state index >= 15 is 0 Å². The molecule has 0 amide bonds. The summed E-state index contributed by atoms with van der Waals surface area (Å²) in [6.45, 7) is 1.97. The van der Waals surface area contributed by atoms with Crippen LogP contribution in [0.5, 0.6) is 0 Å². The number of thiophene rings is 1. The number of nitrogens with one attached hydrogen (secondary N) is 1. The molecule has 0 radical (unpaired) electrons. The van der Waals surface area contributed by atoms with Crippen molar-refractivity contribution in [1.29, 1.82) is 0 Å². The number of pyridine rings is 1. The number of hydrogen-bond acceptors (Lipinski definition) is 4. The Kier molecular flexibility index (Phi) is 3.84. The molecule has 0 aliphatic heterocycles. The van der Waals surface area contributed by atoms with Crippen LogP contribution in [0.2, 0.25) is 4.34 Å². The molecule has 0 aliphatic carbocycles. The van der Waals surface area contributed by atoms with Crippen LogP contribution < -0.4 is 5.32 Å². The number of carbonyl (C=O) groups is 1. The summed E-state index contributed by atoms with van der Waals surface area (Å²) in [7, 11) is 0. The summed E-state index contributed by atoms with van der Waals surface area (Å²) in [5.41, 5.74) is 0.0245. The lowest BCUT2D eigenvalue weighted by molar-refractivity contribution is 0.0690. The number of halogens is 1.